The molecule has 0 saturated carbocycles. The highest BCUT2D eigenvalue weighted by Gasteiger charge is 2.31. The molecule has 0 saturated heterocycles. The van der Waals surface area contributed by atoms with Gasteiger partial charge in [-0.05, 0) is 42.3 Å². The summed E-state index contributed by atoms with van der Waals surface area (Å²) in [7, 11) is 1.62. The van der Waals surface area contributed by atoms with Crippen LogP contribution in [0.3, 0.4) is 0 Å². The second-order valence-electron chi connectivity index (χ2n) is 7.23. The standard InChI is InChI=1S/C22H20N4O4/c1-30-13-7-8-16-15(11-13)14-9-10-23-19(18(14)24-16)17-20(27)25-22(29)26(21(17)28)12-5-3-2-4-6-12/h2-8,11,19,23-24,28H,9-10H2,1H3,(H,25,27,29). The lowest BCUT2D eigenvalue weighted by molar-refractivity contribution is 0.409. The van der Waals surface area contributed by atoms with E-state index in [1.807, 2.05) is 24.3 Å². The summed E-state index contributed by atoms with van der Waals surface area (Å²) in [5.74, 6) is 0.370. The van der Waals surface area contributed by atoms with E-state index in [0.717, 1.165) is 38.9 Å². The predicted octanol–water partition coefficient (Wildman–Crippen LogP) is 1.96. The van der Waals surface area contributed by atoms with Crippen molar-refractivity contribution in [1.29, 1.82) is 0 Å². The Bertz CT molecular complexity index is 1370. The first-order valence-corrected chi connectivity index (χ1v) is 9.64. The molecule has 1 atom stereocenters. The number of methoxy groups -OCH3 is 1. The van der Waals surface area contributed by atoms with E-state index in [1.165, 1.54) is 0 Å². The third-order valence-electron chi connectivity index (χ3n) is 5.58. The summed E-state index contributed by atoms with van der Waals surface area (Å²) in [6, 6.07) is 13.9. The van der Waals surface area contributed by atoms with E-state index in [-0.39, 0.29) is 11.4 Å². The lowest BCUT2D eigenvalue weighted by Gasteiger charge is -2.25. The Morgan fingerprint density at radius 3 is 2.67 bits per heavy atom. The summed E-state index contributed by atoms with van der Waals surface area (Å²) >= 11 is 0. The summed E-state index contributed by atoms with van der Waals surface area (Å²) in [5, 5.41) is 15.3. The molecule has 8 nitrogen and oxygen atoms in total. The maximum atomic E-state index is 12.8. The highest BCUT2D eigenvalue weighted by Crippen LogP contribution is 2.36. The van der Waals surface area contributed by atoms with Crippen molar-refractivity contribution in [2.75, 3.05) is 13.7 Å². The van der Waals surface area contributed by atoms with Crippen LogP contribution in [0.1, 0.15) is 22.9 Å². The van der Waals surface area contributed by atoms with Gasteiger partial charge in [0, 0.05) is 23.1 Å². The SMILES string of the molecule is COc1ccc2[nH]c3c(c2c1)CCNC3c1c(O)n(-c2ccccc2)c(=O)[nH]c1=O. The zero-order chi connectivity index (χ0) is 20.8. The third kappa shape index (κ3) is 2.73. The number of para-hydroxylation sites is 1. The van der Waals surface area contributed by atoms with Crippen molar-refractivity contribution in [3.05, 3.63) is 86.2 Å². The van der Waals surface area contributed by atoms with E-state index in [9.17, 15) is 14.7 Å². The fourth-order valence-electron chi connectivity index (χ4n) is 4.20. The van der Waals surface area contributed by atoms with E-state index in [2.05, 4.69) is 15.3 Å². The van der Waals surface area contributed by atoms with Crippen molar-refractivity contribution in [2.45, 2.75) is 12.5 Å². The molecule has 0 fully saturated rings. The third-order valence-corrected chi connectivity index (χ3v) is 5.58. The van der Waals surface area contributed by atoms with Crippen molar-refractivity contribution in [3.8, 4) is 17.3 Å². The molecule has 1 aliphatic rings. The zero-order valence-electron chi connectivity index (χ0n) is 16.2. The van der Waals surface area contributed by atoms with Gasteiger partial charge in [-0.15, -0.1) is 0 Å². The lowest BCUT2D eigenvalue weighted by Crippen LogP contribution is -2.38. The monoisotopic (exact) mass is 404 g/mol. The first kappa shape index (κ1) is 18.3. The van der Waals surface area contributed by atoms with Crippen LogP contribution in [0, 0.1) is 0 Å². The maximum Gasteiger partial charge on any atom is 0.335 e. The molecule has 2 aromatic heterocycles. The smallest absolute Gasteiger partial charge is 0.335 e. The van der Waals surface area contributed by atoms with Crippen LogP contribution in [-0.2, 0) is 6.42 Å². The summed E-state index contributed by atoms with van der Waals surface area (Å²) in [5.41, 5.74) is 2.03. The number of ether oxygens (including phenoxy) is 1. The number of aromatic amines is 2. The van der Waals surface area contributed by atoms with Crippen molar-refractivity contribution in [3.63, 3.8) is 0 Å². The number of H-pyrrole nitrogens is 2. The molecule has 2 aromatic carbocycles. The quantitative estimate of drug-likeness (QED) is 0.417. The molecule has 5 rings (SSSR count). The minimum absolute atomic E-state index is 0.0953. The largest absolute Gasteiger partial charge is 0.497 e. The minimum Gasteiger partial charge on any atom is -0.497 e. The zero-order valence-corrected chi connectivity index (χ0v) is 16.2. The van der Waals surface area contributed by atoms with Gasteiger partial charge in [-0.1, -0.05) is 18.2 Å². The highest BCUT2D eigenvalue weighted by molar-refractivity contribution is 5.86. The Balaban J connectivity index is 1.73. The molecular formula is C22H20N4O4. The van der Waals surface area contributed by atoms with Gasteiger partial charge in [0.15, 0.2) is 0 Å². The van der Waals surface area contributed by atoms with E-state index in [1.54, 1.807) is 31.4 Å². The number of fused-ring (bicyclic) bond motifs is 3. The average Bonchev–Trinajstić information content (AvgIpc) is 3.13. The highest BCUT2D eigenvalue weighted by atomic mass is 16.5. The van der Waals surface area contributed by atoms with Crippen LogP contribution in [-0.4, -0.2) is 33.3 Å². The Morgan fingerprint density at radius 2 is 1.90 bits per heavy atom. The van der Waals surface area contributed by atoms with Gasteiger partial charge in [0.05, 0.1) is 18.8 Å². The van der Waals surface area contributed by atoms with E-state index >= 15 is 0 Å². The Kier molecular flexibility index (Phi) is 4.22. The molecule has 1 unspecified atom stereocenters. The van der Waals surface area contributed by atoms with Crippen LogP contribution in [0.15, 0.2) is 58.1 Å². The summed E-state index contributed by atoms with van der Waals surface area (Å²) in [4.78, 5) is 30.9. The van der Waals surface area contributed by atoms with Crippen LogP contribution < -0.4 is 21.3 Å². The fraction of sp³-hybridized carbons (Fsp3) is 0.182. The number of rotatable bonds is 3. The number of aromatic nitrogens is 3. The average molecular weight is 404 g/mol. The van der Waals surface area contributed by atoms with E-state index < -0.39 is 17.3 Å². The minimum atomic E-state index is -0.690. The van der Waals surface area contributed by atoms with Gasteiger partial charge in [-0.2, -0.15) is 0 Å². The van der Waals surface area contributed by atoms with E-state index in [4.69, 9.17) is 4.74 Å². The molecule has 0 spiro atoms. The molecule has 8 heteroatoms. The van der Waals surface area contributed by atoms with Gasteiger partial charge in [-0.3, -0.25) is 9.78 Å². The maximum absolute atomic E-state index is 12.8. The van der Waals surface area contributed by atoms with Crippen LogP contribution in [0.4, 0.5) is 0 Å². The van der Waals surface area contributed by atoms with Crippen molar-refractivity contribution in [2.24, 2.45) is 0 Å². The molecule has 152 valence electrons. The van der Waals surface area contributed by atoms with Gasteiger partial charge >= 0.3 is 5.69 Å². The number of hydrogen-bond acceptors (Lipinski definition) is 5. The normalized spacial score (nSPS) is 15.8. The van der Waals surface area contributed by atoms with Gasteiger partial charge in [0.1, 0.15) is 11.3 Å². The van der Waals surface area contributed by atoms with Gasteiger partial charge < -0.3 is 20.1 Å². The molecule has 1 aliphatic heterocycles. The van der Waals surface area contributed by atoms with Crippen molar-refractivity contribution < 1.29 is 9.84 Å². The summed E-state index contributed by atoms with van der Waals surface area (Å²) in [6.45, 7) is 0.616. The van der Waals surface area contributed by atoms with Gasteiger partial charge in [0.2, 0.25) is 5.88 Å². The first-order chi connectivity index (χ1) is 14.6. The number of nitrogens with one attached hydrogen (secondary N) is 3. The fourth-order valence-corrected chi connectivity index (χ4v) is 4.20. The molecule has 0 amide bonds. The van der Waals surface area contributed by atoms with Crippen LogP contribution in [0.2, 0.25) is 0 Å². The number of nitrogens with zero attached hydrogens (tertiary/aromatic N) is 1. The molecule has 30 heavy (non-hydrogen) atoms. The summed E-state index contributed by atoms with van der Waals surface area (Å²) in [6.07, 6.45) is 0.760. The Morgan fingerprint density at radius 1 is 1.10 bits per heavy atom. The molecule has 0 radical (unpaired) electrons. The number of benzene rings is 2. The number of aromatic hydroxyl groups is 1. The molecule has 4 aromatic rings. The topological polar surface area (TPSA) is 112 Å². The van der Waals surface area contributed by atoms with E-state index in [0.29, 0.717) is 12.2 Å². The second kappa shape index (κ2) is 6.93. The summed E-state index contributed by atoms with van der Waals surface area (Å²) < 4.78 is 6.46. The van der Waals surface area contributed by atoms with Crippen LogP contribution >= 0.6 is 0 Å². The lowest BCUT2D eigenvalue weighted by atomic mass is 9.95. The van der Waals surface area contributed by atoms with Crippen molar-refractivity contribution >= 4 is 10.9 Å². The van der Waals surface area contributed by atoms with Gasteiger partial charge in [0.25, 0.3) is 5.56 Å². The van der Waals surface area contributed by atoms with Crippen LogP contribution in [0.5, 0.6) is 11.6 Å². The second-order valence-corrected chi connectivity index (χ2v) is 7.23. The first-order valence-electron chi connectivity index (χ1n) is 9.64. The molecular weight excluding hydrogens is 384 g/mol. The molecule has 3 heterocycles. The van der Waals surface area contributed by atoms with Gasteiger partial charge in [-0.25, -0.2) is 9.36 Å². The van der Waals surface area contributed by atoms with Crippen molar-refractivity contribution in [1.82, 2.24) is 19.9 Å². The molecule has 0 aliphatic carbocycles. The Hall–Kier alpha value is -3.78. The van der Waals surface area contributed by atoms with Crippen LogP contribution in [0.25, 0.3) is 16.6 Å². The number of hydrogen-bond donors (Lipinski definition) is 4. The Labute approximate surface area is 170 Å². The predicted molar refractivity (Wildman–Crippen MR) is 113 cm³/mol. The molecule has 4 N–H and O–H groups in total. The molecule has 0 bridgehead atoms.